The monoisotopic (exact) mass is 555 g/mol. The molecule has 4 heterocycles. The Morgan fingerprint density at radius 1 is 1.05 bits per heavy atom. The van der Waals surface area contributed by atoms with Gasteiger partial charge in [-0.2, -0.15) is 10.0 Å². The number of carbonyl (C=O) groups is 2. The first kappa shape index (κ1) is 26.7. The average molecular weight is 556 g/mol. The third-order valence-electron chi connectivity index (χ3n) is 10.4. The maximum absolute atomic E-state index is 14.1. The predicted molar refractivity (Wildman–Crippen MR) is 163 cm³/mol. The number of carbonyl (C=O) groups excluding carboxylic acids is 1. The van der Waals surface area contributed by atoms with E-state index in [1.807, 2.05) is 6.08 Å². The molecule has 2 aliphatic carbocycles. The number of amides is 1. The number of nitrogens with one attached hydrogen (secondary N) is 1. The van der Waals surface area contributed by atoms with Crippen LogP contribution in [0.15, 0.2) is 30.5 Å². The van der Waals surface area contributed by atoms with Gasteiger partial charge in [0.2, 0.25) is 0 Å². The molecule has 0 radical (unpaired) electrons. The maximum Gasteiger partial charge on any atom is 0.338 e. The first-order chi connectivity index (χ1) is 19.9. The van der Waals surface area contributed by atoms with Gasteiger partial charge in [0.05, 0.1) is 29.4 Å². The van der Waals surface area contributed by atoms with Crippen molar-refractivity contribution in [1.82, 2.24) is 19.5 Å². The SMILES string of the molecule is CC(C)N1CCC[C@H]1C(=O)N[N@+]12C=CCc3c(C4CCCCC4)ccc(c31)-c1c(C(=O)O)c3c(n1CC2)CCC=C3. The van der Waals surface area contributed by atoms with Crippen LogP contribution in [-0.4, -0.2) is 51.6 Å². The van der Waals surface area contributed by atoms with Crippen LogP contribution in [0.25, 0.3) is 17.3 Å². The van der Waals surface area contributed by atoms with E-state index in [4.69, 9.17) is 0 Å². The lowest BCUT2D eigenvalue weighted by atomic mass is 9.79. The van der Waals surface area contributed by atoms with Gasteiger partial charge in [0.15, 0.2) is 5.69 Å². The molecule has 0 unspecified atom stereocenters. The van der Waals surface area contributed by atoms with E-state index in [1.54, 1.807) is 0 Å². The van der Waals surface area contributed by atoms with Gasteiger partial charge >= 0.3 is 5.97 Å². The fourth-order valence-corrected chi connectivity index (χ4v) is 8.59. The van der Waals surface area contributed by atoms with Crippen molar-refractivity contribution in [3.05, 3.63) is 58.4 Å². The third kappa shape index (κ3) is 4.23. The number of fused-ring (bicyclic) bond motifs is 4. The van der Waals surface area contributed by atoms with E-state index >= 15 is 0 Å². The molecule has 7 rings (SSSR count). The largest absolute Gasteiger partial charge is 0.478 e. The standard InChI is InChI=1S/C34H42N4O3/c1-22(2)36-18-8-15-29(36)33(39)35-38-20-9-13-25-24(23-10-4-3-5-11-23)16-17-27(32(25)38)31-30(34(40)41)26-12-6-7-14-28(26)37(31)19-21-38/h6,9,12,16-17,20,22-23,29H,3-5,7-8,10-11,13-15,18-19,21H2,1-2H3,(H-,35,39,40,41)/p+1/t29-,38-/m0/s1. The molecule has 2 fully saturated rings. The maximum atomic E-state index is 14.1. The van der Waals surface area contributed by atoms with Gasteiger partial charge < -0.3 is 9.67 Å². The second-order valence-electron chi connectivity index (χ2n) is 13.0. The number of aromatic nitrogens is 1. The van der Waals surface area contributed by atoms with Crippen LogP contribution in [0.3, 0.4) is 0 Å². The molecule has 1 amide bonds. The normalized spacial score (nSPS) is 25.5. The Bertz CT molecular complexity index is 1460. The van der Waals surface area contributed by atoms with Gasteiger partial charge in [0, 0.05) is 29.3 Å². The molecule has 7 heteroatoms. The number of hydrogen-bond acceptors (Lipinski definition) is 3. The summed E-state index contributed by atoms with van der Waals surface area (Å²) in [5.41, 5.74) is 11.5. The zero-order valence-electron chi connectivity index (χ0n) is 24.5. The lowest BCUT2D eigenvalue weighted by Crippen LogP contribution is -2.63. The number of likely N-dealkylation sites (tertiary alicyclic amines) is 1. The van der Waals surface area contributed by atoms with Crippen molar-refractivity contribution in [2.24, 2.45) is 0 Å². The first-order valence-electron chi connectivity index (χ1n) is 15.8. The second-order valence-corrected chi connectivity index (χ2v) is 13.0. The van der Waals surface area contributed by atoms with Gasteiger partial charge in [-0.1, -0.05) is 37.5 Å². The minimum Gasteiger partial charge on any atom is -0.478 e. The van der Waals surface area contributed by atoms with E-state index in [9.17, 15) is 14.7 Å². The van der Waals surface area contributed by atoms with Crippen molar-refractivity contribution in [3.8, 4) is 11.3 Å². The average Bonchev–Trinajstić information content (AvgIpc) is 3.57. The minimum atomic E-state index is -0.874. The van der Waals surface area contributed by atoms with Crippen molar-refractivity contribution >= 4 is 23.6 Å². The molecule has 7 nitrogen and oxygen atoms in total. The summed E-state index contributed by atoms with van der Waals surface area (Å²) in [6.45, 7) is 6.60. The molecule has 216 valence electrons. The highest BCUT2D eigenvalue weighted by Crippen LogP contribution is 2.50. The molecular formula is C34H43N4O3+. The quantitative estimate of drug-likeness (QED) is 0.434. The van der Waals surface area contributed by atoms with E-state index < -0.39 is 5.97 Å². The number of hydrogen-bond donors (Lipinski definition) is 2. The zero-order chi connectivity index (χ0) is 28.3. The number of nitrogens with zero attached hydrogens (tertiary/aromatic N) is 3. The van der Waals surface area contributed by atoms with Crippen LogP contribution in [0.4, 0.5) is 5.69 Å². The fraction of sp³-hybridized carbons (Fsp3) is 0.529. The van der Waals surface area contributed by atoms with E-state index in [1.165, 1.54) is 43.2 Å². The van der Waals surface area contributed by atoms with Gasteiger partial charge in [0.25, 0.3) is 5.91 Å². The van der Waals surface area contributed by atoms with Crippen molar-refractivity contribution in [3.63, 3.8) is 0 Å². The summed E-state index contributed by atoms with van der Waals surface area (Å²) in [6, 6.07) is 4.66. The molecule has 1 saturated heterocycles. The Hall–Kier alpha value is -3.16. The summed E-state index contributed by atoms with van der Waals surface area (Å²) in [5.74, 6) is -0.275. The van der Waals surface area contributed by atoms with E-state index in [0.717, 1.165) is 66.9 Å². The fourth-order valence-electron chi connectivity index (χ4n) is 8.59. The summed E-state index contributed by atoms with van der Waals surface area (Å²) in [4.78, 5) is 29.4. The van der Waals surface area contributed by atoms with Crippen LogP contribution in [0, 0.1) is 0 Å². The van der Waals surface area contributed by atoms with Crippen LogP contribution >= 0.6 is 0 Å². The molecule has 41 heavy (non-hydrogen) atoms. The van der Waals surface area contributed by atoms with E-state index in [-0.39, 0.29) is 16.5 Å². The minimum absolute atomic E-state index is 0.0812. The Kier molecular flexibility index (Phi) is 6.70. The topological polar surface area (TPSA) is 74.6 Å². The highest BCUT2D eigenvalue weighted by Gasteiger charge is 2.46. The first-order valence-corrected chi connectivity index (χ1v) is 15.8. The Morgan fingerprint density at radius 3 is 2.66 bits per heavy atom. The molecule has 2 N–H and O–H groups in total. The summed E-state index contributed by atoms with van der Waals surface area (Å²) >= 11 is 0. The molecule has 1 aromatic heterocycles. The Labute approximate surface area is 243 Å². The smallest absolute Gasteiger partial charge is 0.338 e. The number of carboxylic acid groups (broad SMARTS) is 1. The van der Waals surface area contributed by atoms with Crippen LogP contribution in [-0.2, 0) is 24.2 Å². The highest BCUT2D eigenvalue weighted by atomic mass is 16.4. The molecule has 5 aliphatic rings. The molecule has 1 aromatic carbocycles. The predicted octanol–water partition coefficient (Wildman–Crippen LogP) is 6.16. The zero-order valence-corrected chi connectivity index (χ0v) is 24.5. The van der Waals surface area contributed by atoms with Crippen LogP contribution in [0.1, 0.15) is 104 Å². The number of carboxylic acids is 1. The van der Waals surface area contributed by atoms with Crippen molar-refractivity contribution < 1.29 is 14.7 Å². The van der Waals surface area contributed by atoms with Gasteiger partial charge in [-0.25, -0.2) is 4.79 Å². The molecule has 3 aliphatic heterocycles. The van der Waals surface area contributed by atoms with Gasteiger partial charge in [-0.15, -0.1) is 0 Å². The van der Waals surface area contributed by atoms with E-state index in [0.29, 0.717) is 30.6 Å². The number of benzene rings is 1. The Morgan fingerprint density at radius 2 is 1.88 bits per heavy atom. The summed E-state index contributed by atoms with van der Waals surface area (Å²) in [5, 5.41) is 10.6. The molecular weight excluding hydrogens is 512 g/mol. The lowest BCUT2D eigenvalue weighted by Gasteiger charge is -2.39. The summed E-state index contributed by atoms with van der Waals surface area (Å²) < 4.78 is 2.53. The number of allylic oxidation sites excluding steroid dienone is 2. The van der Waals surface area contributed by atoms with Gasteiger partial charge in [-0.3, -0.25) is 9.69 Å². The van der Waals surface area contributed by atoms with Crippen LogP contribution in [0.2, 0.25) is 0 Å². The van der Waals surface area contributed by atoms with E-state index in [2.05, 4.69) is 59.2 Å². The number of aromatic carboxylic acids is 1. The highest BCUT2D eigenvalue weighted by molar-refractivity contribution is 6.03. The molecule has 1 saturated carbocycles. The van der Waals surface area contributed by atoms with Crippen molar-refractivity contribution in [1.29, 1.82) is 0 Å². The number of rotatable bonds is 5. The molecule has 0 bridgehead atoms. The summed E-state index contributed by atoms with van der Waals surface area (Å²) in [6.07, 6.45) is 19.2. The third-order valence-corrected chi connectivity index (χ3v) is 10.4. The van der Waals surface area contributed by atoms with Crippen molar-refractivity contribution in [2.45, 2.75) is 103 Å². The van der Waals surface area contributed by atoms with Gasteiger partial charge in [0.1, 0.15) is 12.7 Å². The van der Waals surface area contributed by atoms with Crippen molar-refractivity contribution in [2.75, 3.05) is 13.1 Å². The molecule has 2 atom stereocenters. The second kappa shape index (κ2) is 10.3. The lowest BCUT2D eigenvalue weighted by molar-refractivity contribution is -0.129. The Balaban J connectivity index is 1.43. The number of quaternary nitrogens is 1. The van der Waals surface area contributed by atoms with Crippen LogP contribution in [0.5, 0.6) is 0 Å². The molecule has 0 spiro atoms. The van der Waals surface area contributed by atoms with Crippen LogP contribution < -0.4 is 10.0 Å². The summed E-state index contributed by atoms with van der Waals surface area (Å²) in [7, 11) is 0. The van der Waals surface area contributed by atoms with Gasteiger partial charge in [-0.05, 0) is 82.5 Å². The molecule has 2 aromatic rings.